The Balaban J connectivity index is 1.82. The fraction of sp³-hybridized carbons (Fsp3) is 0.909. The minimum atomic E-state index is 0.210. The minimum Gasteiger partial charge on any atom is -0.342 e. The summed E-state index contributed by atoms with van der Waals surface area (Å²) in [5.74, 6) is 0.210. The largest absolute Gasteiger partial charge is 0.342 e. The molecule has 1 saturated carbocycles. The van der Waals surface area contributed by atoms with Gasteiger partial charge in [-0.05, 0) is 19.3 Å². The summed E-state index contributed by atoms with van der Waals surface area (Å²) in [6, 6.07) is 1.11. The van der Waals surface area contributed by atoms with Gasteiger partial charge in [-0.3, -0.25) is 9.69 Å². The van der Waals surface area contributed by atoms with Crippen LogP contribution >= 0.6 is 0 Å². The number of carbonyl (C=O) groups excluding carboxylic acids is 1. The van der Waals surface area contributed by atoms with Crippen LogP contribution in [0.2, 0.25) is 0 Å². The summed E-state index contributed by atoms with van der Waals surface area (Å²) in [7, 11) is 0. The van der Waals surface area contributed by atoms with Crippen molar-refractivity contribution in [1.29, 1.82) is 0 Å². The Labute approximate surface area is 91.4 Å². The van der Waals surface area contributed by atoms with E-state index in [1.54, 1.807) is 6.92 Å². The van der Waals surface area contributed by atoms with Gasteiger partial charge >= 0.3 is 0 Å². The molecular formula is C11H21N3O. The maximum atomic E-state index is 11.3. The topological polar surface area (TPSA) is 49.6 Å². The predicted octanol–water partition coefficient (Wildman–Crippen LogP) is 0.0303. The molecule has 0 aromatic rings. The van der Waals surface area contributed by atoms with E-state index in [0.29, 0.717) is 12.1 Å². The first-order valence-electron chi connectivity index (χ1n) is 5.92. The van der Waals surface area contributed by atoms with E-state index in [9.17, 15) is 4.79 Å². The van der Waals surface area contributed by atoms with Crippen molar-refractivity contribution in [3.05, 3.63) is 0 Å². The normalized spacial score (nSPS) is 33.3. The van der Waals surface area contributed by atoms with E-state index in [0.717, 1.165) is 45.4 Å². The zero-order valence-electron chi connectivity index (χ0n) is 9.48. The smallest absolute Gasteiger partial charge is 0.219 e. The summed E-state index contributed by atoms with van der Waals surface area (Å²) in [5.41, 5.74) is 5.80. The van der Waals surface area contributed by atoms with Crippen molar-refractivity contribution in [2.75, 3.05) is 26.2 Å². The highest BCUT2D eigenvalue weighted by Gasteiger charge is 2.32. The van der Waals surface area contributed by atoms with E-state index >= 15 is 0 Å². The zero-order valence-corrected chi connectivity index (χ0v) is 9.48. The van der Waals surface area contributed by atoms with Crippen molar-refractivity contribution >= 4 is 5.91 Å². The Hall–Kier alpha value is -0.610. The van der Waals surface area contributed by atoms with Gasteiger partial charge in [0.15, 0.2) is 0 Å². The van der Waals surface area contributed by atoms with Crippen LogP contribution < -0.4 is 5.73 Å². The highest BCUT2D eigenvalue weighted by molar-refractivity contribution is 5.73. The number of hydrogen-bond donors (Lipinski definition) is 1. The van der Waals surface area contributed by atoms with Gasteiger partial charge in [0.05, 0.1) is 0 Å². The number of amides is 1. The molecule has 0 atom stereocenters. The zero-order chi connectivity index (χ0) is 10.8. The average molecular weight is 211 g/mol. The molecule has 2 N–H and O–H groups in total. The third kappa shape index (κ3) is 2.49. The molecule has 1 saturated heterocycles. The first kappa shape index (κ1) is 10.9. The maximum absolute atomic E-state index is 11.3. The highest BCUT2D eigenvalue weighted by atomic mass is 16.2. The molecule has 0 spiro atoms. The highest BCUT2D eigenvalue weighted by Crippen LogP contribution is 2.24. The lowest BCUT2D eigenvalue weighted by Crippen LogP contribution is -2.51. The molecular weight excluding hydrogens is 190 g/mol. The maximum Gasteiger partial charge on any atom is 0.219 e. The first-order chi connectivity index (χ1) is 7.16. The molecule has 0 aromatic heterocycles. The Morgan fingerprint density at radius 2 is 1.93 bits per heavy atom. The van der Waals surface area contributed by atoms with Crippen LogP contribution in [-0.4, -0.2) is 54.0 Å². The summed E-state index contributed by atoms with van der Waals surface area (Å²) >= 11 is 0. The van der Waals surface area contributed by atoms with E-state index in [1.165, 1.54) is 0 Å². The van der Waals surface area contributed by atoms with Gasteiger partial charge < -0.3 is 10.6 Å². The monoisotopic (exact) mass is 211 g/mol. The van der Waals surface area contributed by atoms with Crippen LogP contribution in [0.1, 0.15) is 26.2 Å². The van der Waals surface area contributed by atoms with E-state index in [4.69, 9.17) is 5.73 Å². The van der Waals surface area contributed by atoms with E-state index < -0.39 is 0 Å². The van der Waals surface area contributed by atoms with Crippen molar-refractivity contribution in [2.24, 2.45) is 5.73 Å². The van der Waals surface area contributed by atoms with Crippen LogP contribution in [0.5, 0.6) is 0 Å². The summed E-state index contributed by atoms with van der Waals surface area (Å²) in [4.78, 5) is 15.7. The molecule has 2 fully saturated rings. The molecule has 1 amide bonds. The molecule has 0 radical (unpaired) electrons. The third-order valence-corrected chi connectivity index (χ3v) is 3.64. The van der Waals surface area contributed by atoms with E-state index in [1.807, 2.05) is 4.90 Å². The summed E-state index contributed by atoms with van der Waals surface area (Å²) < 4.78 is 0. The number of hydrogen-bond acceptors (Lipinski definition) is 3. The molecule has 1 heterocycles. The van der Waals surface area contributed by atoms with Gasteiger partial charge in [-0.2, -0.15) is 0 Å². The molecule has 1 aliphatic heterocycles. The Bertz CT molecular complexity index is 238. The molecule has 0 unspecified atom stereocenters. The Kier molecular flexibility index (Phi) is 3.26. The lowest BCUT2D eigenvalue weighted by molar-refractivity contribution is -0.128. The predicted molar refractivity (Wildman–Crippen MR) is 59.4 cm³/mol. The summed E-state index contributed by atoms with van der Waals surface area (Å²) in [5, 5.41) is 0. The van der Waals surface area contributed by atoms with Gasteiger partial charge in [0.2, 0.25) is 5.91 Å². The van der Waals surface area contributed by atoms with Gasteiger partial charge in [-0.1, -0.05) is 0 Å². The summed E-state index contributed by atoms with van der Waals surface area (Å²) in [6.07, 6.45) is 3.38. The van der Waals surface area contributed by atoms with Crippen molar-refractivity contribution in [1.82, 2.24) is 9.80 Å². The van der Waals surface area contributed by atoms with Crippen molar-refractivity contribution in [3.8, 4) is 0 Å². The second-order valence-corrected chi connectivity index (χ2v) is 4.78. The van der Waals surface area contributed by atoms with Crippen LogP contribution in [0.3, 0.4) is 0 Å². The van der Waals surface area contributed by atoms with Crippen LogP contribution in [-0.2, 0) is 4.79 Å². The van der Waals surface area contributed by atoms with Crippen LogP contribution in [0.4, 0.5) is 0 Å². The molecule has 1 aliphatic carbocycles. The van der Waals surface area contributed by atoms with E-state index in [2.05, 4.69) is 4.90 Å². The van der Waals surface area contributed by atoms with E-state index in [-0.39, 0.29) is 5.91 Å². The standard InChI is InChI=1S/C11H21N3O/c1-9(15)13-3-2-4-14(6-5-13)11-7-10(12)8-11/h10-11H,2-8,12H2,1H3. The molecule has 0 aromatic carbocycles. The fourth-order valence-electron chi connectivity index (χ4n) is 2.55. The second kappa shape index (κ2) is 4.49. The third-order valence-electron chi connectivity index (χ3n) is 3.64. The molecule has 86 valence electrons. The minimum absolute atomic E-state index is 0.210. The molecule has 4 nitrogen and oxygen atoms in total. The molecule has 2 rings (SSSR count). The van der Waals surface area contributed by atoms with Crippen molar-refractivity contribution in [2.45, 2.75) is 38.3 Å². The average Bonchev–Trinajstić information content (AvgIpc) is 2.37. The molecule has 15 heavy (non-hydrogen) atoms. The Morgan fingerprint density at radius 3 is 2.53 bits per heavy atom. The van der Waals surface area contributed by atoms with Gasteiger partial charge in [-0.25, -0.2) is 0 Å². The number of carbonyl (C=O) groups is 1. The van der Waals surface area contributed by atoms with Crippen molar-refractivity contribution in [3.63, 3.8) is 0 Å². The number of nitrogens with two attached hydrogens (primary N) is 1. The van der Waals surface area contributed by atoms with Gasteiger partial charge in [-0.15, -0.1) is 0 Å². The fourth-order valence-corrected chi connectivity index (χ4v) is 2.55. The molecule has 4 heteroatoms. The number of rotatable bonds is 1. The molecule has 0 bridgehead atoms. The van der Waals surface area contributed by atoms with Gasteiger partial charge in [0.1, 0.15) is 0 Å². The quantitative estimate of drug-likeness (QED) is 0.666. The van der Waals surface area contributed by atoms with Crippen LogP contribution in [0.25, 0.3) is 0 Å². The lowest BCUT2D eigenvalue weighted by Gasteiger charge is -2.40. The Morgan fingerprint density at radius 1 is 1.20 bits per heavy atom. The van der Waals surface area contributed by atoms with Crippen molar-refractivity contribution < 1.29 is 4.79 Å². The van der Waals surface area contributed by atoms with Gasteiger partial charge in [0.25, 0.3) is 0 Å². The first-order valence-corrected chi connectivity index (χ1v) is 5.92. The van der Waals surface area contributed by atoms with Crippen LogP contribution in [0.15, 0.2) is 0 Å². The second-order valence-electron chi connectivity index (χ2n) is 4.78. The molecule has 2 aliphatic rings. The number of nitrogens with zero attached hydrogens (tertiary/aromatic N) is 2. The van der Waals surface area contributed by atoms with Gasteiger partial charge in [0, 0.05) is 45.2 Å². The van der Waals surface area contributed by atoms with Crippen LogP contribution in [0, 0.1) is 0 Å². The summed E-state index contributed by atoms with van der Waals surface area (Å²) in [6.45, 7) is 5.62. The SMILES string of the molecule is CC(=O)N1CCCN(C2CC(N)C2)CC1. The lowest BCUT2D eigenvalue weighted by atomic mass is 9.86.